The van der Waals surface area contributed by atoms with Gasteiger partial charge in [-0.15, -0.1) is 0 Å². The van der Waals surface area contributed by atoms with Crippen molar-refractivity contribution >= 4 is 24.0 Å². The van der Waals surface area contributed by atoms with Gasteiger partial charge in [0.05, 0.1) is 11.8 Å². The van der Waals surface area contributed by atoms with Crippen LogP contribution in [0.4, 0.5) is 4.79 Å². The molecule has 0 aromatic heterocycles. The van der Waals surface area contributed by atoms with Crippen LogP contribution in [-0.4, -0.2) is 48.4 Å². The Morgan fingerprint density at radius 3 is 2.31 bits per heavy atom. The van der Waals surface area contributed by atoms with E-state index in [1.165, 1.54) is 6.92 Å². The van der Waals surface area contributed by atoms with E-state index in [9.17, 15) is 19.2 Å². The highest BCUT2D eigenvalue weighted by molar-refractivity contribution is 5.83. The van der Waals surface area contributed by atoms with E-state index in [1.54, 1.807) is 26.0 Å². The monoisotopic (exact) mass is 491 g/mol. The Hall–Kier alpha value is -3.10. The number of amides is 1. The summed E-state index contributed by atoms with van der Waals surface area (Å²) in [7, 11) is 0. The largest absolute Gasteiger partial charge is 0.460 e. The lowest BCUT2D eigenvalue weighted by molar-refractivity contribution is -0.177. The molecule has 1 aromatic carbocycles. The van der Waals surface area contributed by atoms with Crippen molar-refractivity contribution < 1.29 is 38.1 Å². The van der Waals surface area contributed by atoms with E-state index in [2.05, 4.69) is 5.32 Å². The quantitative estimate of drug-likeness (QED) is 0.408. The molecular formula is C26H37NO8. The van der Waals surface area contributed by atoms with Gasteiger partial charge >= 0.3 is 24.0 Å². The Bertz CT molecular complexity index is 858. The number of hydrogen-bond acceptors (Lipinski definition) is 8. The van der Waals surface area contributed by atoms with Crippen LogP contribution >= 0.6 is 0 Å². The molecule has 2 rings (SSSR count). The predicted octanol–water partition coefficient (Wildman–Crippen LogP) is 3.92. The number of nitrogens with one attached hydrogen (secondary N) is 1. The molecule has 1 heterocycles. The number of esters is 3. The Morgan fingerprint density at radius 2 is 1.69 bits per heavy atom. The molecule has 1 fully saturated rings. The lowest BCUT2D eigenvalue weighted by atomic mass is 9.92. The smallest absolute Gasteiger partial charge is 0.408 e. The molecule has 1 aromatic rings. The molecule has 9 nitrogen and oxygen atoms in total. The van der Waals surface area contributed by atoms with Crippen LogP contribution in [-0.2, 0) is 39.9 Å². The van der Waals surface area contributed by atoms with Crippen molar-refractivity contribution in [2.45, 2.75) is 91.3 Å². The van der Waals surface area contributed by atoms with E-state index < -0.39 is 54.3 Å². The summed E-state index contributed by atoms with van der Waals surface area (Å²) in [6.07, 6.45) is -1.34. The minimum Gasteiger partial charge on any atom is -0.460 e. The molecule has 1 amide bonds. The molecule has 9 heteroatoms. The molecule has 0 spiro atoms. The zero-order chi connectivity index (χ0) is 26.0. The van der Waals surface area contributed by atoms with Crippen molar-refractivity contribution in [3.8, 4) is 0 Å². The highest BCUT2D eigenvalue weighted by atomic mass is 16.6. The second-order valence-electron chi connectivity index (χ2n) is 8.93. The molecule has 1 aliphatic heterocycles. The van der Waals surface area contributed by atoms with E-state index >= 15 is 0 Å². The molecule has 1 saturated heterocycles. The molecule has 6 atom stereocenters. The predicted molar refractivity (Wildman–Crippen MR) is 127 cm³/mol. The maximum Gasteiger partial charge on any atom is 0.408 e. The fraction of sp³-hybridized carbons (Fsp3) is 0.615. The van der Waals surface area contributed by atoms with E-state index in [-0.39, 0.29) is 12.5 Å². The van der Waals surface area contributed by atoms with Crippen molar-refractivity contribution in [2.24, 2.45) is 11.8 Å². The van der Waals surface area contributed by atoms with Crippen LogP contribution in [0.2, 0.25) is 0 Å². The number of unbranched alkanes of at least 4 members (excludes halogenated alkanes) is 1. The maximum atomic E-state index is 13.1. The van der Waals surface area contributed by atoms with Crippen molar-refractivity contribution in [1.82, 2.24) is 5.32 Å². The Kier molecular flexibility index (Phi) is 11.0. The third kappa shape index (κ3) is 8.26. The van der Waals surface area contributed by atoms with Gasteiger partial charge in [-0.05, 0) is 32.3 Å². The second-order valence-corrected chi connectivity index (χ2v) is 8.93. The number of rotatable bonds is 9. The SMILES string of the molecule is CCCC[C@H]1C(=O)O[C@H](C)[C@H](NC(=O)OCc2ccccc2)C(=O)O[C@@H](C)[C@@H]1OC(=O)[C@H](C)CC. The lowest BCUT2D eigenvalue weighted by Gasteiger charge is -2.30. The average molecular weight is 492 g/mol. The molecular weight excluding hydrogens is 454 g/mol. The summed E-state index contributed by atoms with van der Waals surface area (Å²) in [6.45, 7) is 8.64. The van der Waals surface area contributed by atoms with Gasteiger partial charge < -0.3 is 24.3 Å². The minimum atomic E-state index is -1.29. The molecule has 194 valence electrons. The first-order valence-corrected chi connectivity index (χ1v) is 12.3. The van der Waals surface area contributed by atoms with Gasteiger partial charge in [-0.25, -0.2) is 9.59 Å². The fourth-order valence-electron chi connectivity index (χ4n) is 3.68. The number of benzene rings is 1. The summed E-state index contributed by atoms with van der Waals surface area (Å²) in [4.78, 5) is 51.1. The highest BCUT2D eigenvalue weighted by Crippen LogP contribution is 2.27. The minimum absolute atomic E-state index is 0.00570. The first-order valence-electron chi connectivity index (χ1n) is 12.3. The van der Waals surface area contributed by atoms with Crippen LogP contribution in [0.5, 0.6) is 0 Å². The third-order valence-electron chi connectivity index (χ3n) is 6.11. The van der Waals surface area contributed by atoms with Crippen LogP contribution < -0.4 is 5.32 Å². The van der Waals surface area contributed by atoms with Gasteiger partial charge in [-0.2, -0.15) is 0 Å². The topological polar surface area (TPSA) is 117 Å². The van der Waals surface area contributed by atoms with Crippen LogP contribution in [0.25, 0.3) is 0 Å². The summed E-state index contributed by atoms with van der Waals surface area (Å²) in [6, 6.07) is 7.77. The molecule has 35 heavy (non-hydrogen) atoms. The summed E-state index contributed by atoms with van der Waals surface area (Å²) in [5.41, 5.74) is 0.775. The molecule has 1 N–H and O–H groups in total. The number of carbonyl (C=O) groups is 4. The second kappa shape index (κ2) is 13.7. The Labute approximate surface area is 206 Å². The maximum absolute atomic E-state index is 13.1. The van der Waals surface area contributed by atoms with Crippen molar-refractivity contribution in [3.63, 3.8) is 0 Å². The first kappa shape index (κ1) is 28.1. The lowest BCUT2D eigenvalue weighted by Crippen LogP contribution is -2.50. The van der Waals surface area contributed by atoms with Crippen LogP contribution in [0.3, 0.4) is 0 Å². The van der Waals surface area contributed by atoms with Crippen LogP contribution in [0.1, 0.15) is 65.9 Å². The van der Waals surface area contributed by atoms with Crippen LogP contribution in [0.15, 0.2) is 30.3 Å². The van der Waals surface area contributed by atoms with E-state index in [0.717, 1.165) is 12.0 Å². The van der Waals surface area contributed by atoms with Crippen molar-refractivity contribution in [2.75, 3.05) is 0 Å². The van der Waals surface area contributed by atoms with Gasteiger partial charge in [0.1, 0.15) is 18.8 Å². The molecule has 1 aliphatic rings. The zero-order valence-electron chi connectivity index (χ0n) is 21.2. The van der Waals surface area contributed by atoms with Crippen molar-refractivity contribution in [3.05, 3.63) is 35.9 Å². The van der Waals surface area contributed by atoms with Gasteiger partial charge in [-0.3, -0.25) is 9.59 Å². The third-order valence-corrected chi connectivity index (χ3v) is 6.11. The van der Waals surface area contributed by atoms with Gasteiger partial charge in [0.25, 0.3) is 0 Å². The number of ether oxygens (including phenoxy) is 4. The Morgan fingerprint density at radius 1 is 1.03 bits per heavy atom. The fourth-order valence-corrected chi connectivity index (χ4v) is 3.68. The van der Waals surface area contributed by atoms with E-state index in [1.807, 2.05) is 32.0 Å². The zero-order valence-corrected chi connectivity index (χ0v) is 21.2. The molecule has 0 radical (unpaired) electrons. The van der Waals surface area contributed by atoms with Gasteiger partial charge in [0.2, 0.25) is 0 Å². The van der Waals surface area contributed by atoms with Gasteiger partial charge in [0, 0.05) is 0 Å². The number of alkyl carbamates (subject to hydrolysis) is 1. The number of cyclic esters (lactones) is 2. The van der Waals surface area contributed by atoms with Gasteiger partial charge in [-0.1, -0.05) is 63.9 Å². The molecule has 0 saturated carbocycles. The summed E-state index contributed by atoms with van der Waals surface area (Å²) in [5.74, 6) is -3.07. The van der Waals surface area contributed by atoms with E-state index in [4.69, 9.17) is 18.9 Å². The molecule has 0 aliphatic carbocycles. The first-order chi connectivity index (χ1) is 16.7. The number of carbonyl (C=O) groups excluding carboxylic acids is 4. The van der Waals surface area contributed by atoms with Crippen LogP contribution in [0, 0.1) is 11.8 Å². The van der Waals surface area contributed by atoms with Gasteiger partial charge in [0.15, 0.2) is 12.1 Å². The number of hydrogen-bond donors (Lipinski definition) is 1. The summed E-state index contributed by atoms with van der Waals surface area (Å²) in [5, 5.41) is 2.45. The molecule has 0 unspecified atom stereocenters. The average Bonchev–Trinajstić information content (AvgIpc) is 2.86. The normalized spacial score (nSPS) is 25.7. The standard InChI is InChI=1S/C26H37NO8/c1-6-8-14-20-22(35-23(28)16(3)7-2)18(5)34-25(30)21(17(4)33-24(20)29)27-26(31)32-15-19-12-10-9-11-13-19/h9-13,16-18,20-22H,6-8,14-15H2,1-5H3,(H,27,31)/t16-,17-,18+,20-,21+,22+/m1/s1. The summed E-state index contributed by atoms with van der Waals surface area (Å²) < 4.78 is 22.0. The Balaban J connectivity index is 2.19. The highest BCUT2D eigenvalue weighted by Gasteiger charge is 2.44. The molecule has 0 bridgehead atoms. The van der Waals surface area contributed by atoms with E-state index in [0.29, 0.717) is 19.3 Å². The van der Waals surface area contributed by atoms with Crippen molar-refractivity contribution in [1.29, 1.82) is 0 Å². The summed E-state index contributed by atoms with van der Waals surface area (Å²) >= 11 is 0.